The van der Waals surface area contributed by atoms with Crippen LogP contribution in [0.1, 0.15) is 32.6 Å². The highest BCUT2D eigenvalue weighted by atomic mass is 16.1. The van der Waals surface area contributed by atoms with Gasteiger partial charge in [-0.15, -0.1) is 0 Å². The van der Waals surface area contributed by atoms with E-state index in [1.807, 2.05) is 0 Å². The number of carbonyl (C=O) groups excluding carboxylic acids is 1. The van der Waals surface area contributed by atoms with E-state index in [1.165, 1.54) is 19.3 Å². The number of rotatable bonds is 4. The molecule has 3 heteroatoms. The van der Waals surface area contributed by atoms with Crippen LogP contribution in [0.3, 0.4) is 0 Å². The zero-order valence-electron chi connectivity index (χ0n) is 7.81. The van der Waals surface area contributed by atoms with Crippen LogP contribution < -0.4 is 5.32 Å². The summed E-state index contributed by atoms with van der Waals surface area (Å²) in [4.78, 5) is 13.1. The molecule has 1 heterocycles. The Hall–Kier alpha value is -0.570. The second kappa shape index (κ2) is 5.14. The van der Waals surface area contributed by atoms with Gasteiger partial charge in [-0.2, -0.15) is 0 Å². The van der Waals surface area contributed by atoms with Crippen LogP contribution in [0.25, 0.3) is 0 Å². The smallest absolute Gasteiger partial charge is 0.222 e. The lowest BCUT2D eigenvalue weighted by molar-refractivity contribution is -0.124. The van der Waals surface area contributed by atoms with Gasteiger partial charge in [0.05, 0.1) is 6.67 Å². The monoisotopic (exact) mass is 170 g/mol. The molecule has 0 aromatic heterocycles. The quantitative estimate of drug-likeness (QED) is 0.637. The summed E-state index contributed by atoms with van der Waals surface area (Å²) in [5, 5.41) is 2.85. The molecule has 1 aliphatic rings. The van der Waals surface area contributed by atoms with E-state index in [9.17, 15) is 4.79 Å². The number of amides is 1. The second-order valence-electron chi connectivity index (χ2n) is 3.33. The normalized spacial score (nSPS) is 19.2. The molecule has 1 fully saturated rings. The largest absolute Gasteiger partial charge is 0.343 e. The Balaban J connectivity index is 2.05. The molecule has 0 radical (unpaired) electrons. The minimum absolute atomic E-state index is 0.196. The van der Waals surface area contributed by atoms with E-state index >= 15 is 0 Å². The summed E-state index contributed by atoms with van der Waals surface area (Å²) in [5.74, 6) is 0.196. The van der Waals surface area contributed by atoms with Crippen molar-refractivity contribution in [3.05, 3.63) is 0 Å². The first-order chi connectivity index (χ1) is 5.83. The Bertz CT molecular complexity index is 137. The molecule has 1 rings (SSSR count). The minimum Gasteiger partial charge on any atom is -0.343 e. The SMILES string of the molecule is CCCCCN1CCC(=O)NC1. The van der Waals surface area contributed by atoms with Crippen molar-refractivity contribution in [3.63, 3.8) is 0 Å². The van der Waals surface area contributed by atoms with Crippen molar-refractivity contribution < 1.29 is 4.79 Å². The van der Waals surface area contributed by atoms with Gasteiger partial charge in [0.15, 0.2) is 0 Å². The maximum Gasteiger partial charge on any atom is 0.222 e. The van der Waals surface area contributed by atoms with Crippen LogP contribution in [0.2, 0.25) is 0 Å². The molecule has 12 heavy (non-hydrogen) atoms. The lowest BCUT2D eigenvalue weighted by Gasteiger charge is -2.26. The van der Waals surface area contributed by atoms with Gasteiger partial charge in [0.2, 0.25) is 5.91 Å². The Morgan fingerprint density at radius 2 is 2.33 bits per heavy atom. The molecule has 70 valence electrons. The molecule has 0 spiro atoms. The maximum atomic E-state index is 10.8. The van der Waals surface area contributed by atoms with Crippen LogP contribution in [0.15, 0.2) is 0 Å². The van der Waals surface area contributed by atoms with Crippen molar-refractivity contribution in [2.75, 3.05) is 19.8 Å². The molecule has 0 bridgehead atoms. The van der Waals surface area contributed by atoms with Crippen LogP contribution in [0, 0.1) is 0 Å². The third kappa shape index (κ3) is 3.22. The summed E-state index contributed by atoms with van der Waals surface area (Å²) >= 11 is 0. The zero-order valence-corrected chi connectivity index (χ0v) is 7.81. The van der Waals surface area contributed by atoms with E-state index in [0.29, 0.717) is 6.42 Å². The highest BCUT2D eigenvalue weighted by Crippen LogP contribution is 2.01. The van der Waals surface area contributed by atoms with Crippen LogP contribution >= 0.6 is 0 Å². The average Bonchev–Trinajstić information content (AvgIpc) is 2.09. The maximum absolute atomic E-state index is 10.8. The molecule has 0 aliphatic carbocycles. The minimum atomic E-state index is 0.196. The van der Waals surface area contributed by atoms with Crippen molar-refractivity contribution in [1.29, 1.82) is 0 Å². The van der Waals surface area contributed by atoms with Gasteiger partial charge in [0.25, 0.3) is 0 Å². The molecule has 3 nitrogen and oxygen atoms in total. The van der Waals surface area contributed by atoms with Gasteiger partial charge in [0.1, 0.15) is 0 Å². The summed E-state index contributed by atoms with van der Waals surface area (Å²) < 4.78 is 0. The number of hydrogen-bond donors (Lipinski definition) is 1. The first kappa shape index (κ1) is 9.52. The van der Waals surface area contributed by atoms with E-state index in [2.05, 4.69) is 17.1 Å². The van der Waals surface area contributed by atoms with E-state index in [4.69, 9.17) is 0 Å². The molecular formula is C9H18N2O. The Morgan fingerprint density at radius 3 is 2.92 bits per heavy atom. The average molecular weight is 170 g/mol. The lowest BCUT2D eigenvalue weighted by atomic mass is 10.2. The zero-order chi connectivity index (χ0) is 8.81. The van der Waals surface area contributed by atoms with Gasteiger partial charge in [-0.1, -0.05) is 19.8 Å². The molecule has 1 saturated heterocycles. The van der Waals surface area contributed by atoms with Crippen LogP contribution in [0.5, 0.6) is 0 Å². The van der Waals surface area contributed by atoms with Crippen molar-refractivity contribution in [3.8, 4) is 0 Å². The number of unbranched alkanes of at least 4 members (excludes halogenated alkanes) is 2. The van der Waals surface area contributed by atoms with E-state index in [1.54, 1.807) is 0 Å². The molecule has 1 amide bonds. The van der Waals surface area contributed by atoms with Crippen LogP contribution in [0.4, 0.5) is 0 Å². The van der Waals surface area contributed by atoms with E-state index < -0.39 is 0 Å². The summed E-state index contributed by atoms with van der Waals surface area (Å²) in [7, 11) is 0. The fourth-order valence-electron chi connectivity index (χ4n) is 1.40. The summed E-state index contributed by atoms with van der Waals surface area (Å²) in [6.07, 6.45) is 4.49. The Morgan fingerprint density at radius 1 is 1.50 bits per heavy atom. The molecule has 0 atom stereocenters. The van der Waals surface area contributed by atoms with Crippen molar-refractivity contribution >= 4 is 5.91 Å². The predicted molar refractivity (Wildman–Crippen MR) is 48.7 cm³/mol. The van der Waals surface area contributed by atoms with Gasteiger partial charge in [-0.05, 0) is 13.0 Å². The van der Waals surface area contributed by atoms with Gasteiger partial charge in [-0.3, -0.25) is 9.69 Å². The van der Waals surface area contributed by atoms with E-state index in [0.717, 1.165) is 19.8 Å². The van der Waals surface area contributed by atoms with Crippen molar-refractivity contribution in [2.24, 2.45) is 0 Å². The third-order valence-corrected chi connectivity index (χ3v) is 2.23. The number of nitrogens with one attached hydrogen (secondary N) is 1. The molecule has 0 aromatic rings. The standard InChI is InChI=1S/C9H18N2O/c1-2-3-4-6-11-7-5-9(12)10-8-11/h2-8H2,1H3,(H,10,12). The van der Waals surface area contributed by atoms with Crippen molar-refractivity contribution in [1.82, 2.24) is 10.2 Å². The van der Waals surface area contributed by atoms with Gasteiger partial charge in [0, 0.05) is 13.0 Å². The van der Waals surface area contributed by atoms with Crippen LogP contribution in [-0.2, 0) is 4.79 Å². The molecular weight excluding hydrogens is 152 g/mol. The third-order valence-electron chi connectivity index (χ3n) is 2.23. The van der Waals surface area contributed by atoms with Gasteiger partial charge in [-0.25, -0.2) is 0 Å². The predicted octanol–water partition coefficient (Wildman–Crippen LogP) is 0.956. The first-order valence-corrected chi connectivity index (χ1v) is 4.82. The highest BCUT2D eigenvalue weighted by Gasteiger charge is 2.13. The molecule has 0 unspecified atom stereocenters. The fraction of sp³-hybridized carbons (Fsp3) is 0.889. The van der Waals surface area contributed by atoms with Crippen molar-refractivity contribution in [2.45, 2.75) is 32.6 Å². The molecule has 1 N–H and O–H groups in total. The molecule has 1 aliphatic heterocycles. The number of nitrogens with zero attached hydrogens (tertiary/aromatic N) is 1. The van der Waals surface area contributed by atoms with Gasteiger partial charge < -0.3 is 5.32 Å². The fourth-order valence-corrected chi connectivity index (χ4v) is 1.40. The Kier molecular flexibility index (Phi) is 4.08. The highest BCUT2D eigenvalue weighted by molar-refractivity contribution is 5.76. The molecule has 0 aromatic carbocycles. The first-order valence-electron chi connectivity index (χ1n) is 4.82. The lowest BCUT2D eigenvalue weighted by Crippen LogP contribution is -2.45. The number of carbonyl (C=O) groups is 1. The van der Waals surface area contributed by atoms with E-state index in [-0.39, 0.29) is 5.91 Å². The summed E-state index contributed by atoms with van der Waals surface area (Å²) in [5.41, 5.74) is 0. The molecule has 0 saturated carbocycles. The summed E-state index contributed by atoms with van der Waals surface area (Å²) in [6, 6.07) is 0. The van der Waals surface area contributed by atoms with Crippen LogP contribution in [-0.4, -0.2) is 30.6 Å². The Labute approximate surface area is 74.1 Å². The topological polar surface area (TPSA) is 32.3 Å². The second-order valence-corrected chi connectivity index (χ2v) is 3.33. The summed E-state index contributed by atoms with van der Waals surface area (Å²) in [6.45, 7) is 5.03. The van der Waals surface area contributed by atoms with Gasteiger partial charge >= 0.3 is 0 Å². The number of hydrogen-bond acceptors (Lipinski definition) is 2.